The van der Waals surface area contributed by atoms with Crippen LogP contribution in [-0.4, -0.2) is 4.57 Å². The Hall–Kier alpha value is -0.790. The lowest BCUT2D eigenvalue weighted by Crippen LogP contribution is -2.37. The van der Waals surface area contributed by atoms with Gasteiger partial charge in [-0.05, 0) is 25.7 Å². The second-order valence-corrected chi connectivity index (χ2v) is 13.0. The molecule has 2 nitrogen and oxygen atoms in total. The molecule has 0 fully saturated rings. The molecule has 0 bridgehead atoms. The number of hydrogen-bond acceptors (Lipinski definition) is 0. The fraction of sp³-hybridized carbons (Fsp3) is 0.921. The van der Waals surface area contributed by atoms with Crippen molar-refractivity contribution in [1.82, 2.24) is 4.57 Å². The van der Waals surface area contributed by atoms with Gasteiger partial charge in [0.05, 0.1) is 13.1 Å². The summed E-state index contributed by atoms with van der Waals surface area (Å²) in [6, 6.07) is 0. The van der Waals surface area contributed by atoms with Gasteiger partial charge in [-0.1, -0.05) is 181 Å². The fourth-order valence-electron chi connectivity index (χ4n) is 6.44. The molecule has 40 heavy (non-hydrogen) atoms. The molecule has 236 valence electrons. The third-order valence-corrected chi connectivity index (χ3v) is 9.16. The molecular formula is C38H75N2+. The van der Waals surface area contributed by atoms with E-state index >= 15 is 0 Å². The van der Waals surface area contributed by atoms with Crippen molar-refractivity contribution in [2.24, 2.45) is 0 Å². The van der Waals surface area contributed by atoms with Crippen molar-refractivity contribution < 1.29 is 4.57 Å². The summed E-state index contributed by atoms with van der Waals surface area (Å²) in [7, 11) is 0. The molecule has 0 aliphatic carbocycles. The van der Waals surface area contributed by atoms with Gasteiger partial charge in [-0.25, -0.2) is 9.13 Å². The molecule has 0 saturated heterocycles. The second-order valence-electron chi connectivity index (χ2n) is 13.0. The highest BCUT2D eigenvalue weighted by molar-refractivity contribution is 4.83. The highest BCUT2D eigenvalue weighted by Gasteiger charge is 2.14. The predicted octanol–water partition coefficient (Wildman–Crippen LogP) is 12.7. The summed E-state index contributed by atoms with van der Waals surface area (Å²) in [6.07, 6.45) is 47.7. The van der Waals surface area contributed by atoms with Gasteiger partial charge in [0.15, 0.2) is 0 Å². The van der Waals surface area contributed by atoms with Gasteiger partial charge in [0.1, 0.15) is 12.4 Å². The van der Waals surface area contributed by atoms with Crippen molar-refractivity contribution in [3.63, 3.8) is 0 Å². The molecule has 0 radical (unpaired) electrons. The van der Waals surface area contributed by atoms with Crippen LogP contribution >= 0.6 is 0 Å². The van der Waals surface area contributed by atoms with Gasteiger partial charge in [-0.2, -0.15) is 0 Å². The van der Waals surface area contributed by atoms with E-state index in [2.05, 4.69) is 42.3 Å². The third-order valence-electron chi connectivity index (χ3n) is 9.16. The van der Waals surface area contributed by atoms with Gasteiger partial charge in [-0.15, -0.1) is 0 Å². The van der Waals surface area contributed by atoms with Crippen molar-refractivity contribution in [2.45, 2.75) is 226 Å². The van der Waals surface area contributed by atoms with Gasteiger partial charge in [0, 0.05) is 6.42 Å². The topological polar surface area (TPSA) is 8.81 Å². The molecule has 1 heterocycles. The van der Waals surface area contributed by atoms with Crippen LogP contribution in [-0.2, 0) is 19.5 Å². The number of nitrogens with zero attached hydrogens (tertiary/aromatic N) is 2. The van der Waals surface area contributed by atoms with E-state index in [0.717, 1.165) is 6.42 Å². The number of imidazole rings is 1. The maximum Gasteiger partial charge on any atom is 0.256 e. The molecule has 0 N–H and O–H groups in total. The molecule has 0 spiro atoms. The Kier molecular flexibility index (Phi) is 27.6. The van der Waals surface area contributed by atoms with E-state index in [1.807, 2.05) is 0 Å². The van der Waals surface area contributed by atoms with E-state index in [9.17, 15) is 0 Å². The lowest BCUT2D eigenvalue weighted by atomic mass is 10.0. The normalized spacial score (nSPS) is 11.6. The van der Waals surface area contributed by atoms with Crippen LogP contribution in [0.1, 0.15) is 213 Å². The number of unbranched alkanes of at least 4 members (excludes halogenated alkanes) is 27. The molecule has 0 aromatic carbocycles. The standard InChI is InChI=1S/C38H75N2/c1-4-7-9-11-13-15-17-19-20-21-23-25-27-29-31-33-35-40-37-36-39(38(40)6-3)34-32-30-28-26-24-22-18-16-14-12-10-8-5-2/h36-37H,4-35H2,1-3H3/q+1. The van der Waals surface area contributed by atoms with Crippen LogP contribution in [0.2, 0.25) is 0 Å². The Bertz CT molecular complexity index is 619. The van der Waals surface area contributed by atoms with E-state index in [1.54, 1.807) is 5.82 Å². The Morgan fingerprint density at radius 2 is 0.750 bits per heavy atom. The van der Waals surface area contributed by atoms with Crippen molar-refractivity contribution in [3.8, 4) is 0 Å². The monoisotopic (exact) mass is 560 g/mol. The zero-order valence-electron chi connectivity index (χ0n) is 28.2. The first-order valence-electron chi connectivity index (χ1n) is 18.9. The van der Waals surface area contributed by atoms with Crippen LogP contribution in [0.5, 0.6) is 0 Å². The van der Waals surface area contributed by atoms with Crippen molar-refractivity contribution in [3.05, 3.63) is 18.2 Å². The molecule has 0 aliphatic rings. The van der Waals surface area contributed by atoms with Crippen molar-refractivity contribution >= 4 is 0 Å². The van der Waals surface area contributed by atoms with Crippen molar-refractivity contribution in [1.29, 1.82) is 0 Å². The number of aryl methyl sites for hydroxylation is 2. The fourth-order valence-corrected chi connectivity index (χ4v) is 6.44. The molecule has 1 aromatic heterocycles. The molecule has 0 aliphatic heterocycles. The first-order chi connectivity index (χ1) is 19.8. The van der Waals surface area contributed by atoms with Gasteiger partial charge in [0.25, 0.3) is 5.82 Å². The summed E-state index contributed by atoms with van der Waals surface area (Å²) in [6.45, 7) is 9.38. The van der Waals surface area contributed by atoms with Gasteiger partial charge in [0.2, 0.25) is 0 Å². The highest BCUT2D eigenvalue weighted by atomic mass is 15.1. The van der Waals surface area contributed by atoms with Gasteiger partial charge >= 0.3 is 0 Å². The average Bonchev–Trinajstić information content (AvgIpc) is 3.36. The van der Waals surface area contributed by atoms with E-state index in [0.29, 0.717) is 0 Å². The SMILES string of the molecule is CCCCCCCCCCCCCCCCCCn1cc[n+](CCCCCCCCCCCCCCC)c1CC. The Labute approximate surface area is 253 Å². The summed E-state index contributed by atoms with van der Waals surface area (Å²) in [4.78, 5) is 0. The zero-order valence-corrected chi connectivity index (χ0v) is 28.2. The molecule has 0 amide bonds. The number of aromatic nitrogens is 2. The number of rotatable bonds is 32. The first kappa shape index (κ1) is 37.2. The van der Waals surface area contributed by atoms with Crippen LogP contribution < -0.4 is 4.57 Å². The zero-order chi connectivity index (χ0) is 28.8. The lowest BCUT2D eigenvalue weighted by Gasteiger charge is -2.05. The van der Waals surface area contributed by atoms with Crippen LogP contribution in [0.3, 0.4) is 0 Å². The third kappa shape index (κ3) is 21.9. The van der Waals surface area contributed by atoms with Crippen molar-refractivity contribution in [2.75, 3.05) is 0 Å². The quantitative estimate of drug-likeness (QED) is 0.0613. The van der Waals surface area contributed by atoms with Crippen LogP contribution in [0.15, 0.2) is 12.4 Å². The van der Waals surface area contributed by atoms with E-state index in [4.69, 9.17) is 0 Å². The highest BCUT2D eigenvalue weighted by Crippen LogP contribution is 2.15. The predicted molar refractivity (Wildman–Crippen MR) is 179 cm³/mol. The van der Waals surface area contributed by atoms with E-state index < -0.39 is 0 Å². The minimum Gasteiger partial charge on any atom is -0.234 e. The summed E-state index contributed by atoms with van der Waals surface area (Å²) in [5, 5.41) is 0. The largest absolute Gasteiger partial charge is 0.256 e. The smallest absolute Gasteiger partial charge is 0.234 e. The summed E-state index contributed by atoms with van der Waals surface area (Å²) in [5.41, 5.74) is 0. The minimum atomic E-state index is 1.16. The van der Waals surface area contributed by atoms with Crippen LogP contribution in [0, 0.1) is 0 Å². The molecule has 0 saturated carbocycles. The maximum atomic E-state index is 2.55. The first-order valence-corrected chi connectivity index (χ1v) is 18.9. The van der Waals surface area contributed by atoms with Crippen LogP contribution in [0.25, 0.3) is 0 Å². The molecule has 1 rings (SSSR count). The Morgan fingerprint density at radius 3 is 1.10 bits per heavy atom. The minimum absolute atomic E-state index is 1.16. The molecule has 0 unspecified atom stereocenters. The van der Waals surface area contributed by atoms with Gasteiger partial charge in [-0.3, -0.25) is 0 Å². The molecule has 1 aromatic rings. The summed E-state index contributed by atoms with van der Waals surface area (Å²) >= 11 is 0. The molecular weight excluding hydrogens is 484 g/mol. The number of hydrogen-bond donors (Lipinski definition) is 0. The average molecular weight is 560 g/mol. The second kappa shape index (κ2) is 29.7. The van der Waals surface area contributed by atoms with E-state index in [-0.39, 0.29) is 0 Å². The Balaban J connectivity index is 1.93. The molecule has 0 atom stereocenters. The Morgan fingerprint density at radius 1 is 0.425 bits per heavy atom. The van der Waals surface area contributed by atoms with Gasteiger partial charge < -0.3 is 0 Å². The van der Waals surface area contributed by atoms with Crippen LogP contribution in [0.4, 0.5) is 0 Å². The van der Waals surface area contributed by atoms with E-state index in [1.165, 1.54) is 199 Å². The summed E-state index contributed by atoms with van der Waals surface area (Å²) < 4.78 is 5.09. The maximum absolute atomic E-state index is 2.55. The lowest BCUT2D eigenvalue weighted by molar-refractivity contribution is -0.704. The summed E-state index contributed by atoms with van der Waals surface area (Å²) in [5.74, 6) is 1.54. The molecule has 2 heteroatoms.